The van der Waals surface area contributed by atoms with E-state index in [0.29, 0.717) is 53.6 Å². The Labute approximate surface area is 232 Å². The van der Waals surface area contributed by atoms with Gasteiger partial charge in [0.25, 0.3) is 5.91 Å². The molecule has 3 aromatic rings. The molecule has 1 saturated carbocycles. The SMILES string of the molecule is COc1ccc(C2(C(=O)N(CCCc3ccc(C)o3)Cc3nc(C(=O)NS(=O)(=O)N(C)C)c(C)s3)CC2)nc1. The number of amides is 2. The van der Waals surface area contributed by atoms with E-state index in [9.17, 15) is 18.0 Å². The number of thiazole rings is 1. The van der Waals surface area contributed by atoms with E-state index in [2.05, 4.69) is 9.97 Å². The van der Waals surface area contributed by atoms with Crippen LogP contribution in [-0.4, -0.2) is 67.2 Å². The number of nitrogens with one attached hydrogen (secondary N) is 1. The second kappa shape index (κ2) is 11.4. The summed E-state index contributed by atoms with van der Waals surface area (Å²) in [6.07, 6.45) is 4.32. The maximum atomic E-state index is 14.0. The first-order valence-electron chi connectivity index (χ1n) is 12.5. The lowest BCUT2D eigenvalue weighted by molar-refractivity contribution is -0.134. The fourth-order valence-corrected chi connectivity index (χ4v) is 5.72. The molecule has 0 saturated heterocycles. The predicted molar refractivity (Wildman–Crippen MR) is 146 cm³/mol. The first kappa shape index (κ1) is 28.7. The number of carbonyl (C=O) groups excluding carboxylic acids is 2. The van der Waals surface area contributed by atoms with E-state index in [0.717, 1.165) is 15.8 Å². The van der Waals surface area contributed by atoms with Gasteiger partial charge in [-0.25, -0.2) is 9.71 Å². The third-order valence-electron chi connectivity index (χ3n) is 6.64. The summed E-state index contributed by atoms with van der Waals surface area (Å²) in [6.45, 7) is 4.23. The molecule has 3 aromatic heterocycles. The summed E-state index contributed by atoms with van der Waals surface area (Å²) < 4.78 is 38.1. The van der Waals surface area contributed by atoms with Crippen LogP contribution in [0.1, 0.15) is 56.9 Å². The lowest BCUT2D eigenvalue weighted by Gasteiger charge is -2.26. The van der Waals surface area contributed by atoms with Crippen molar-refractivity contribution in [1.82, 2.24) is 23.9 Å². The molecule has 4 rings (SSSR count). The van der Waals surface area contributed by atoms with E-state index in [1.54, 1.807) is 31.2 Å². The van der Waals surface area contributed by atoms with Gasteiger partial charge in [-0.1, -0.05) is 0 Å². The molecule has 11 nitrogen and oxygen atoms in total. The quantitative estimate of drug-likeness (QED) is 0.348. The van der Waals surface area contributed by atoms with Gasteiger partial charge in [-0.2, -0.15) is 12.7 Å². The zero-order valence-electron chi connectivity index (χ0n) is 22.7. The summed E-state index contributed by atoms with van der Waals surface area (Å²) in [5.74, 6) is 1.44. The zero-order valence-corrected chi connectivity index (χ0v) is 24.3. The molecule has 1 aliphatic carbocycles. The van der Waals surface area contributed by atoms with Gasteiger partial charge in [-0.15, -0.1) is 11.3 Å². The van der Waals surface area contributed by atoms with Crippen molar-refractivity contribution in [3.05, 3.63) is 63.3 Å². The lowest BCUT2D eigenvalue weighted by atomic mass is 9.99. The number of hydrogen-bond acceptors (Lipinski definition) is 9. The number of aryl methyl sites for hydroxylation is 3. The number of furan rings is 1. The van der Waals surface area contributed by atoms with E-state index in [1.165, 1.54) is 25.4 Å². The third-order valence-corrected chi connectivity index (χ3v) is 9.00. The molecular formula is C26H33N5O6S2. The van der Waals surface area contributed by atoms with E-state index in [-0.39, 0.29) is 18.1 Å². The Morgan fingerprint density at radius 3 is 2.49 bits per heavy atom. The summed E-state index contributed by atoms with van der Waals surface area (Å²) in [6, 6.07) is 7.47. The molecule has 0 bridgehead atoms. The van der Waals surface area contributed by atoms with Crippen LogP contribution in [0.4, 0.5) is 0 Å². The van der Waals surface area contributed by atoms with Gasteiger partial charge in [0.15, 0.2) is 0 Å². The molecule has 1 N–H and O–H groups in total. The number of aromatic nitrogens is 2. The normalized spacial score (nSPS) is 14.3. The van der Waals surface area contributed by atoms with E-state index in [1.807, 2.05) is 29.8 Å². The molecule has 210 valence electrons. The van der Waals surface area contributed by atoms with Crippen molar-refractivity contribution in [2.45, 2.75) is 51.5 Å². The van der Waals surface area contributed by atoms with Gasteiger partial charge in [0, 0.05) is 31.9 Å². The Morgan fingerprint density at radius 2 is 1.92 bits per heavy atom. The third kappa shape index (κ3) is 6.48. The second-order valence-electron chi connectivity index (χ2n) is 9.74. The highest BCUT2D eigenvalue weighted by molar-refractivity contribution is 7.87. The van der Waals surface area contributed by atoms with Crippen molar-refractivity contribution < 1.29 is 27.2 Å². The average Bonchev–Trinajstić information content (AvgIpc) is 3.47. The molecule has 2 amide bonds. The van der Waals surface area contributed by atoms with Crippen molar-refractivity contribution in [3.8, 4) is 5.75 Å². The van der Waals surface area contributed by atoms with Gasteiger partial charge in [0.1, 0.15) is 28.0 Å². The molecule has 13 heteroatoms. The predicted octanol–water partition coefficient (Wildman–Crippen LogP) is 2.99. The Kier molecular flexibility index (Phi) is 8.42. The van der Waals surface area contributed by atoms with Gasteiger partial charge in [-0.3, -0.25) is 14.6 Å². The van der Waals surface area contributed by atoms with Crippen molar-refractivity contribution >= 4 is 33.4 Å². The fourth-order valence-electron chi connectivity index (χ4n) is 4.26. The topological polar surface area (TPSA) is 135 Å². The molecule has 0 spiro atoms. The molecular weight excluding hydrogens is 542 g/mol. The van der Waals surface area contributed by atoms with E-state index >= 15 is 0 Å². The molecule has 1 aliphatic rings. The number of hydrogen-bond donors (Lipinski definition) is 1. The summed E-state index contributed by atoms with van der Waals surface area (Å²) in [5.41, 5.74) is 0.0147. The van der Waals surface area contributed by atoms with Crippen LogP contribution in [0, 0.1) is 13.8 Å². The number of nitrogens with zero attached hydrogens (tertiary/aromatic N) is 4. The Balaban J connectivity index is 1.55. The Hall–Kier alpha value is -3.29. The number of methoxy groups -OCH3 is 1. The highest BCUT2D eigenvalue weighted by Crippen LogP contribution is 2.49. The highest BCUT2D eigenvalue weighted by Gasteiger charge is 2.54. The van der Waals surface area contributed by atoms with Gasteiger partial charge >= 0.3 is 10.2 Å². The molecule has 39 heavy (non-hydrogen) atoms. The first-order chi connectivity index (χ1) is 18.4. The minimum absolute atomic E-state index is 0.0249. The Morgan fingerprint density at radius 1 is 1.18 bits per heavy atom. The van der Waals surface area contributed by atoms with Crippen LogP contribution in [0.5, 0.6) is 5.75 Å². The van der Waals surface area contributed by atoms with Crippen molar-refractivity contribution in [1.29, 1.82) is 0 Å². The highest BCUT2D eigenvalue weighted by atomic mass is 32.2. The van der Waals surface area contributed by atoms with Crippen LogP contribution in [0.3, 0.4) is 0 Å². The van der Waals surface area contributed by atoms with Crippen LogP contribution in [0.15, 0.2) is 34.9 Å². The minimum atomic E-state index is -3.96. The molecule has 0 radical (unpaired) electrons. The van der Waals surface area contributed by atoms with Gasteiger partial charge in [-0.05, 0) is 57.4 Å². The summed E-state index contributed by atoms with van der Waals surface area (Å²) in [7, 11) is 0.257. The van der Waals surface area contributed by atoms with Crippen LogP contribution in [-0.2, 0) is 33.4 Å². The number of carbonyl (C=O) groups is 2. The maximum absolute atomic E-state index is 14.0. The largest absolute Gasteiger partial charge is 0.495 e. The summed E-state index contributed by atoms with van der Waals surface area (Å²) >= 11 is 1.26. The van der Waals surface area contributed by atoms with Crippen LogP contribution in [0.2, 0.25) is 0 Å². The average molecular weight is 576 g/mol. The maximum Gasteiger partial charge on any atom is 0.303 e. The Bertz CT molecular complexity index is 1440. The van der Waals surface area contributed by atoms with Crippen molar-refractivity contribution in [3.63, 3.8) is 0 Å². The van der Waals surface area contributed by atoms with Crippen molar-refractivity contribution in [2.24, 2.45) is 0 Å². The summed E-state index contributed by atoms with van der Waals surface area (Å²) in [4.78, 5) is 37.9. The van der Waals surface area contributed by atoms with E-state index in [4.69, 9.17) is 9.15 Å². The molecule has 1 fully saturated rings. The first-order valence-corrected chi connectivity index (χ1v) is 14.8. The molecule has 0 atom stereocenters. The molecule has 0 aliphatic heterocycles. The minimum Gasteiger partial charge on any atom is -0.495 e. The van der Waals surface area contributed by atoms with Crippen LogP contribution >= 0.6 is 11.3 Å². The van der Waals surface area contributed by atoms with Crippen LogP contribution < -0.4 is 9.46 Å². The number of rotatable bonds is 12. The van der Waals surface area contributed by atoms with Gasteiger partial charge < -0.3 is 14.1 Å². The summed E-state index contributed by atoms with van der Waals surface area (Å²) in [5, 5.41) is 0.542. The van der Waals surface area contributed by atoms with E-state index < -0.39 is 21.5 Å². The van der Waals surface area contributed by atoms with Gasteiger partial charge in [0.2, 0.25) is 5.91 Å². The number of ether oxygens (including phenoxy) is 1. The van der Waals surface area contributed by atoms with Crippen LogP contribution in [0.25, 0.3) is 0 Å². The molecule has 0 aromatic carbocycles. The zero-order chi connectivity index (χ0) is 28.4. The smallest absolute Gasteiger partial charge is 0.303 e. The fraction of sp³-hybridized carbons (Fsp3) is 0.462. The number of pyridine rings is 1. The van der Waals surface area contributed by atoms with Crippen molar-refractivity contribution in [2.75, 3.05) is 27.7 Å². The molecule has 3 heterocycles. The molecule has 0 unspecified atom stereocenters. The lowest BCUT2D eigenvalue weighted by Crippen LogP contribution is -2.40. The standard InChI is InChI=1S/C26H33N5O6S2/c1-17-8-9-19(37-17)7-6-14-31(25(33)26(12-13-26)21-11-10-20(36-5)15-27-21)16-22-28-23(18(2)38-22)24(32)29-39(34,35)30(3)4/h8-11,15H,6-7,12-14,16H2,1-5H3,(H,29,32). The monoisotopic (exact) mass is 575 g/mol. The second-order valence-corrected chi connectivity index (χ2v) is 12.9. The van der Waals surface area contributed by atoms with Gasteiger partial charge in [0.05, 0.1) is 31.0 Å².